The van der Waals surface area contributed by atoms with Gasteiger partial charge in [0.05, 0.1) is 6.10 Å². The summed E-state index contributed by atoms with van der Waals surface area (Å²) in [5.41, 5.74) is 0. The van der Waals surface area contributed by atoms with Gasteiger partial charge in [-0.25, -0.2) is 4.79 Å². The number of ether oxygens (including phenoxy) is 1. The van der Waals surface area contributed by atoms with Gasteiger partial charge in [-0.1, -0.05) is 0 Å². The first-order chi connectivity index (χ1) is 11.6. The third kappa shape index (κ3) is 3.87. The number of methoxy groups -OCH3 is 1. The minimum absolute atomic E-state index is 0.00301. The Morgan fingerprint density at radius 2 is 2.12 bits per heavy atom. The van der Waals surface area contributed by atoms with Gasteiger partial charge in [-0.2, -0.15) is 0 Å². The predicted molar refractivity (Wildman–Crippen MR) is 86.3 cm³/mol. The molecule has 2 aliphatic heterocycles. The molecular formula is C16H26N4O4. The van der Waals surface area contributed by atoms with Crippen LogP contribution in [0, 0.1) is 0 Å². The van der Waals surface area contributed by atoms with Crippen molar-refractivity contribution in [1.82, 2.24) is 20.4 Å². The van der Waals surface area contributed by atoms with E-state index in [9.17, 15) is 14.4 Å². The van der Waals surface area contributed by atoms with Crippen LogP contribution in [-0.4, -0.2) is 79.1 Å². The van der Waals surface area contributed by atoms with Crippen LogP contribution in [0.25, 0.3) is 0 Å². The van der Waals surface area contributed by atoms with Crippen LogP contribution >= 0.6 is 0 Å². The summed E-state index contributed by atoms with van der Waals surface area (Å²) in [7, 11) is 1.75. The lowest BCUT2D eigenvalue weighted by molar-refractivity contribution is -0.125. The van der Waals surface area contributed by atoms with Crippen LogP contribution in [0.5, 0.6) is 0 Å². The number of carbonyl (C=O) groups is 3. The molecule has 2 N–H and O–H groups in total. The second-order valence-corrected chi connectivity index (χ2v) is 6.84. The lowest BCUT2D eigenvalue weighted by Crippen LogP contribution is -2.55. The van der Waals surface area contributed by atoms with Crippen LogP contribution in [0.3, 0.4) is 0 Å². The molecule has 3 fully saturated rings. The predicted octanol–water partition coefficient (Wildman–Crippen LogP) is -0.314. The highest BCUT2D eigenvalue weighted by Gasteiger charge is 2.37. The first-order valence-electron chi connectivity index (χ1n) is 8.72. The van der Waals surface area contributed by atoms with Gasteiger partial charge in [-0.3, -0.25) is 19.8 Å². The number of nitrogens with zero attached hydrogens (tertiary/aromatic N) is 2. The van der Waals surface area contributed by atoms with E-state index in [0.29, 0.717) is 12.6 Å². The number of hydrogen-bond acceptors (Lipinski definition) is 5. The lowest BCUT2D eigenvalue weighted by atomic mass is 10.1. The molecule has 4 amide bonds. The van der Waals surface area contributed by atoms with E-state index in [1.807, 2.05) is 0 Å². The fourth-order valence-corrected chi connectivity index (χ4v) is 3.97. The summed E-state index contributed by atoms with van der Waals surface area (Å²) in [5, 5.41) is 5.33. The van der Waals surface area contributed by atoms with Crippen molar-refractivity contribution in [3.63, 3.8) is 0 Å². The Morgan fingerprint density at radius 1 is 1.29 bits per heavy atom. The standard InChI is InChI=1S/C16H26N4O4/c1-24-11-5-7-19(9-11)13-4-2-3-12(13)17-15(22)10-20-8-6-14(21)18-16(20)23/h11-13H,2-10H2,1H3,(H,17,22)(H,18,21,23)/t11?,12-,13+/m1/s1. The van der Waals surface area contributed by atoms with Crippen LogP contribution < -0.4 is 10.6 Å². The monoisotopic (exact) mass is 338 g/mol. The summed E-state index contributed by atoms with van der Waals surface area (Å²) in [6, 6.07) is 0.000279. The maximum atomic E-state index is 12.3. The molecule has 0 spiro atoms. The van der Waals surface area contributed by atoms with Crippen molar-refractivity contribution in [2.45, 2.75) is 50.3 Å². The summed E-state index contributed by atoms with van der Waals surface area (Å²) in [5.74, 6) is -0.437. The number of urea groups is 1. The molecule has 8 heteroatoms. The highest BCUT2D eigenvalue weighted by Crippen LogP contribution is 2.28. The largest absolute Gasteiger partial charge is 0.380 e. The summed E-state index contributed by atoms with van der Waals surface area (Å²) in [4.78, 5) is 39.0. The number of rotatable bonds is 5. The van der Waals surface area contributed by atoms with Gasteiger partial charge in [0.25, 0.3) is 0 Å². The molecular weight excluding hydrogens is 312 g/mol. The average Bonchev–Trinajstić information content (AvgIpc) is 3.18. The second-order valence-electron chi connectivity index (χ2n) is 6.84. The maximum absolute atomic E-state index is 12.3. The lowest BCUT2D eigenvalue weighted by Gasteiger charge is -2.31. The van der Waals surface area contributed by atoms with E-state index >= 15 is 0 Å². The molecule has 0 bridgehead atoms. The summed E-state index contributed by atoms with van der Waals surface area (Å²) in [6.07, 6.45) is 4.72. The number of likely N-dealkylation sites (tertiary alicyclic amines) is 1. The minimum atomic E-state index is -0.480. The van der Waals surface area contributed by atoms with Crippen LogP contribution in [0.4, 0.5) is 4.79 Å². The van der Waals surface area contributed by atoms with Crippen molar-refractivity contribution in [3.8, 4) is 0 Å². The third-order valence-corrected chi connectivity index (χ3v) is 5.28. The van der Waals surface area contributed by atoms with Crippen LogP contribution in [0.1, 0.15) is 32.1 Å². The Hall–Kier alpha value is -1.67. The molecule has 0 radical (unpaired) electrons. The average molecular weight is 338 g/mol. The van der Waals surface area contributed by atoms with E-state index in [1.54, 1.807) is 7.11 Å². The first-order valence-corrected chi connectivity index (χ1v) is 8.72. The topological polar surface area (TPSA) is 91.0 Å². The quantitative estimate of drug-likeness (QED) is 0.717. The third-order valence-electron chi connectivity index (χ3n) is 5.28. The zero-order chi connectivity index (χ0) is 17.1. The van der Waals surface area contributed by atoms with Gasteiger partial charge >= 0.3 is 6.03 Å². The molecule has 0 aromatic rings. The summed E-state index contributed by atoms with van der Waals surface area (Å²) >= 11 is 0. The van der Waals surface area contributed by atoms with Crippen molar-refractivity contribution in [2.24, 2.45) is 0 Å². The van der Waals surface area contributed by atoms with E-state index in [2.05, 4.69) is 15.5 Å². The number of amides is 4. The summed E-state index contributed by atoms with van der Waals surface area (Å²) < 4.78 is 5.43. The molecule has 2 saturated heterocycles. The van der Waals surface area contributed by atoms with Crippen LogP contribution in [-0.2, 0) is 14.3 Å². The van der Waals surface area contributed by atoms with Crippen molar-refractivity contribution in [3.05, 3.63) is 0 Å². The molecule has 2 heterocycles. The van der Waals surface area contributed by atoms with Crippen LogP contribution in [0.2, 0.25) is 0 Å². The molecule has 1 unspecified atom stereocenters. The van der Waals surface area contributed by atoms with Crippen molar-refractivity contribution < 1.29 is 19.1 Å². The van der Waals surface area contributed by atoms with Crippen LogP contribution in [0.15, 0.2) is 0 Å². The van der Waals surface area contributed by atoms with Gasteiger partial charge in [0.15, 0.2) is 0 Å². The molecule has 3 aliphatic rings. The second kappa shape index (κ2) is 7.48. The van der Waals surface area contributed by atoms with Crippen molar-refractivity contribution >= 4 is 17.8 Å². The molecule has 0 aromatic carbocycles. The van der Waals surface area contributed by atoms with Gasteiger partial charge in [-0.05, 0) is 25.7 Å². The Bertz CT molecular complexity index is 512. The minimum Gasteiger partial charge on any atom is -0.380 e. The smallest absolute Gasteiger partial charge is 0.324 e. The SMILES string of the molecule is COC1CCN([C@H]2CCC[C@H]2NC(=O)CN2CCC(=O)NC2=O)C1. The van der Waals surface area contributed by atoms with Gasteiger partial charge in [-0.15, -0.1) is 0 Å². The Kier molecular flexibility index (Phi) is 5.35. The zero-order valence-electron chi connectivity index (χ0n) is 14.1. The number of imide groups is 1. The van der Waals surface area contributed by atoms with Crippen molar-refractivity contribution in [2.75, 3.05) is 33.3 Å². The van der Waals surface area contributed by atoms with E-state index < -0.39 is 6.03 Å². The molecule has 24 heavy (non-hydrogen) atoms. The van der Waals surface area contributed by atoms with Gasteiger partial charge in [0, 0.05) is 45.2 Å². The Labute approximate surface area is 141 Å². The maximum Gasteiger partial charge on any atom is 0.324 e. The first kappa shape index (κ1) is 17.2. The molecule has 3 rings (SSSR count). The normalized spacial score (nSPS) is 31.4. The Morgan fingerprint density at radius 3 is 2.83 bits per heavy atom. The van der Waals surface area contributed by atoms with E-state index in [1.165, 1.54) is 4.90 Å². The molecule has 134 valence electrons. The highest BCUT2D eigenvalue weighted by atomic mass is 16.5. The highest BCUT2D eigenvalue weighted by molar-refractivity contribution is 5.98. The van der Waals surface area contributed by atoms with E-state index in [0.717, 1.165) is 38.8 Å². The van der Waals surface area contributed by atoms with Gasteiger partial charge in [0.2, 0.25) is 11.8 Å². The number of hydrogen-bond donors (Lipinski definition) is 2. The molecule has 8 nitrogen and oxygen atoms in total. The molecule has 1 saturated carbocycles. The molecule has 0 aromatic heterocycles. The van der Waals surface area contributed by atoms with E-state index in [4.69, 9.17) is 4.74 Å². The summed E-state index contributed by atoms with van der Waals surface area (Å²) in [6.45, 7) is 2.23. The van der Waals surface area contributed by atoms with Gasteiger partial charge < -0.3 is 15.0 Å². The van der Waals surface area contributed by atoms with Crippen molar-refractivity contribution in [1.29, 1.82) is 0 Å². The molecule has 1 aliphatic carbocycles. The molecule has 3 atom stereocenters. The Balaban J connectivity index is 1.50. The zero-order valence-corrected chi connectivity index (χ0v) is 14.1. The fourth-order valence-electron chi connectivity index (χ4n) is 3.97. The number of nitrogens with one attached hydrogen (secondary N) is 2. The van der Waals surface area contributed by atoms with E-state index in [-0.39, 0.29) is 36.9 Å². The fraction of sp³-hybridized carbons (Fsp3) is 0.812. The number of carbonyl (C=O) groups excluding carboxylic acids is 3. The van der Waals surface area contributed by atoms with Gasteiger partial charge in [0.1, 0.15) is 6.54 Å².